The zero-order valence-corrected chi connectivity index (χ0v) is 62.5. The number of allylic oxidation sites excluding steroid dienone is 25. The summed E-state index contributed by atoms with van der Waals surface area (Å²) in [6.45, 7) is 4.53. The van der Waals surface area contributed by atoms with Gasteiger partial charge in [-0.2, -0.15) is 0 Å². The van der Waals surface area contributed by atoms with Gasteiger partial charge in [-0.3, -0.25) is 9.36 Å². The number of likely N-dealkylation sites (N-methyl/N-ethyl adjacent to an activating group) is 1. The van der Waals surface area contributed by atoms with E-state index in [4.69, 9.17) is 9.05 Å². The monoisotopic (exact) mass is 1320 g/mol. The smallest absolute Gasteiger partial charge is 0.268 e. The molecule has 0 saturated carbocycles. The van der Waals surface area contributed by atoms with Crippen molar-refractivity contribution in [2.45, 2.75) is 334 Å². The van der Waals surface area contributed by atoms with Gasteiger partial charge in [-0.05, 0) is 109 Å². The van der Waals surface area contributed by atoms with Gasteiger partial charge in [0.1, 0.15) is 13.2 Å². The first kappa shape index (κ1) is 90.1. The molecular formula is C85H147N2O6P. The summed E-state index contributed by atoms with van der Waals surface area (Å²) in [5, 5.41) is 14.0. The lowest BCUT2D eigenvalue weighted by molar-refractivity contribution is -0.870. The third-order valence-electron chi connectivity index (χ3n) is 16.7. The van der Waals surface area contributed by atoms with Gasteiger partial charge in [0.25, 0.3) is 7.82 Å². The summed E-state index contributed by atoms with van der Waals surface area (Å²) in [5.74, 6) is -0.224. The number of rotatable bonds is 70. The number of phosphoric acid groups is 1. The van der Waals surface area contributed by atoms with Crippen molar-refractivity contribution in [3.8, 4) is 0 Å². The fourth-order valence-electron chi connectivity index (χ4n) is 10.8. The minimum atomic E-state index is -4.63. The fraction of sp³-hybridized carbons (Fsp3) is 0.682. The van der Waals surface area contributed by atoms with Crippen molar-refractivity contribution >= 4 is 13.7 Å². The number of hydrogen-bond acceptors (Lipinski definition) is 6. The van der Waals surface area contributed by atoms with Crippen molar-refractivity contribution < 1.29 is 32.9 Å². The van der Waals surface area contributed by atoms with Gasteiger partial charge in [0, 0.05) is 6.42 Å². The van der Waals surface area contributed by atoms with Crippen LogP contribution >= 0.6 is 7.82 Å². The third kappa shape index (κ3) is 75.5. The number of nitrogens with one attached hydrogen (secondary N) is 1. The van der Waals surface area contributed by atoms with Crippen LogP contribution in [-0.2, 0) is 18.4 Å². The molecule has 3 atom stereocenters. The van der Waals surface area contributed by atoms with Crippen molar-refractivity contribution in [2.24, 2.45) is 0 Å². The Morgan fingerprint density at radius 2 is 0.649 bits per heavy atom. The maximum absolute atomic E-state index is 13.1. The average Bonchev–Trinajstić information content (AvgIpc) is 1.77. The highest BCUT2D eigenvalue weighted by Crippen LogP contribution is 2.38. The van der Waals surface area contributed by atoms with Gasteiger partial charge in [0.2, 0.25) is 5.91 Å². The van der Waals surface area contributed by atoms with Crippen LogP contribution in [0, 0.1) is 0 Å². The Kier molecular flexibility index (Phi) is 70.3. The lowest BCUT2D eigenvalue weighted by Crippen LogP contribution is -2.45. The summed E-state index contributed by atoms with van der Waals surface area (Å²) >= 11 is 0. The van der Waals surface area contributed by atoms with Crippen molar-refractivity contribution in [1.82, 2.24) is 5.32 Å². The number of carbonyl (C=O) groups is 1. The van der Waals surface area contributed by atoms with E-state index in [9.17, 15) is 19.4 Å². The van der Waals surface area contributed by atoms with E-state index in [0.29, 0.717) is 17.4 Å². The molecule has 0 heterocycles. The van der Waals surface area contributed by atoms with Gasteiger partial charge in [-0.25, -0.2) is 0 Å². The second-order valence-electron chi connectivity index (χ2n) is 27.0. The molecule has 94 heavy (non-hydrogen) atoms. The topological polar surface area (TPSA) is 108 Å². The Labute approximate surface area is 581 Å². The first-order chi connectivity index (χ1) is 46.0. The van der Waals surface area contributed by atoms with Gasteiger partial charge in [0.15, 0.2) is 0 Å². The van der Waals surface area contributed by atoms with Gasteiger partial charge >= 0.3 is 0 Å². The third-order valence-corrected chi connectivity index (χ3v) is 17.7. The quantitative estimate of drug-likeness (QED) is 0.0272. The molecular weight excluding hydrogens is 1180 g/mol. The maximum atomic E-state index is 13.1. The molecule has 0 aliphatic heterocycles. The lowest BCUT2D eigenvalue weighted by Gasteiger charge is -2.29. The molecule has 8 nitrogen and oxygen atoms in total. The minimum absolute atomic E-state index is 0.0139. The minimum Gasteiger partial charge on any atom is -0.756 e. The number of amides is 1. The number of quaternary nitrogens is 1. The summed E-state index contributed by atoms with van der Waals surface area (Å²) in [6.07, 6.45) is 114. The molecule has 2 N–H and O–H groups in total. The normalized spacial score (nSPS) is 14.4. The van der Waals surface area contributed by atoms with Gasteiger partial charge in [-0.15, -0.1) is 0 Å². The summed E-state index contributed by atoms with van der Waals surface area (Å²) in [5.41, 5.74) is 0. The van der Waals surface area contributed by atoms with Crippen LogP contribution < -0.4 is 10.2 Å². The highest BCUT2D eigenvalue weighted by atomic mass is 31.2. The van der Waals surface area contributed by atoms with Crippen LogP contribution in [0.15, 0.2) is 158 Å². The number of hydrogen-bond donors (Lipinski definition) is 2. The van der Waals surface area contributed by atoms with Crippen LogP contribution in [-0.4, -0.2) is 68.5 Å². The van der Waals surface area contributed by atoms with Gasteiger partial charge in [0.05, 0.1) is 39.9 Å². The van der Waals surface area contributed by atoms with Gasteiger partial charge in [-0.1, -0.05) is 364 Å². The van der Waals surface area contributed by atoms with E-state index in [1.165, 1.54) is 173 Å². The molecule has 0 bridgehead atoms. The number of aliphatic hydroxyl groups is 1. The second kappa shape index (κ2) is 73.4. The molecule has 0 aromatic heterocycles. The molecule has 1 amide bonds. The van der Waals surface area contributed by atoms with Crippen molar-refractivity contribution in [2.75, 3.05) is 40.9 Å². The van der Waals surface area contributed by atoms with Crippen molar-refractivity contribution in [3.05, 3.63) is 158 Å². The molecule has 538 valence electrons. The number of carbonyl (C=O) groups excluding carboxylic acids is 1. The highest BCUT2D eigenvalue weighted by molar-refractivity contribution is 7.45. The number of phosphoric ester groups is 1. The zero-order chi connectivity index (χ0) is 68.3. The van der Waals surface area contributed by atoms with Crippen LogP contribution in [0.3, 0.4) is 0 Å². The maximum Gasteiger partial charge on any atom is 0.268 e. The van der Waals surface area contributed by atoms with E-state index < -0.39 is 26.6 Å². The van der Waals surface area contributed by atoms with E-state index in [0.717, 1.165) is 128 Å². The Morgan fingerprint density at radius 1 is 0.383 bits per heavy atom. The first-order valence-electron chi connectivity index (χ1n) is 38.8. The molecule has 0 spiro atoms. The molecule has 0 aromatic carbocycles. The van der Waals surface area contributed by atoms with E-state index in [1.54, 1.807) is 6.08 Å². The Bertz CT molecular complexity index is 2100. The van der Waals surface area contributed by atoms with E-state index in [2.05, 4.69) is 165 Å². The van der Waals surface area contributed by atoms with Crippen LogP contribution in [0.2, 0.25) is 0 Å². The molecule has 9 heteroatoms. The van der Waals surface area contributed by atoms with Gasteiger partial charge < -0.3 is 28.8 Å². The molecule has 0 fully saturated rings. The average molecular weight is 1320 g/mol. The molecule has 0 aromatic rings. The Balaban J connectivity index is 4.15. The summed E-state index contributed by atoms with van der Waals surface area (Å²) in [6, 6.07) is -0.915. The number of unbranched alkanes of at least 4 members (excludes halogenated alkanes) is 33. The molecule has 0 aliphatic rings. The lowest BCUT2D eigenvalue weighted by atomic mass is 10.0. The molecule has 0 radical (unpaired) electrons. The van der Waals surface area contributed by atoms with Crippen LogP contribution in [0.1, 0.15) is 322 Å². The van der Waals surface area contributed by atoms with Crippen molar-refractivity contribution in [1.29, 1.82) is 0 Å². The Morgan fingerprint density at radius 3 is 0.947 bits per heavy atom. The predicted molar refractivity (Wildman–Crippen MR) is 412 cm³/mol. The van der Waals surface area contributed by atoms with E-state index in [1.807, 2.05) is 27.2 Å². The van der Waals surface area contributed by atoms with E-state index >= 15 is 0 Å². The van der Waals surface area contributed by atoms with Crippen LogP contribution in [0.4, 0.5) is 0 Å². The van der Waals surface area contributed by atoms with Crippen LogP contribution in [0.5, 0.6) is 0 Å². The standard InChI is InChI=1S/C85H147N2O6P/c1-6-8-10-12-14-16-18-20-22-24-26-28-30-32-34-36-38-39-40-41-42-43-44-45-46-47-49-51-53-55-57-59-61-63-65-67-69-71-73-75-77-79-85(89)86-83(82-93-94(90,91)92-81-80-87(3,4)5)84(88)78-76-74-72-70-68-66-64-62-60-58-56-54-52-50-48-37-35-33-31-29-27-25-23-21-19-17-15-13-11-9-7-2/h8,10,14,16,20,22,26,28,32,34,38-39,41-42,44-45,47,49,53,55,59,61,65,67,76,78,83-84,88H,6-7,9,11-13,15,17-19,21,23-25,27,29-31,33,35-37,40,43,46,48,50-52,54,56-58,60,62-64,66,68-75,77,79-82H2,1-5H3,(H-,86,89,90,91)/b10-8-,16-14-,22-20-,28-26-,34-32-,39-38-,42-41-,45-44-,49-47-,55-53-,61-59-,67-65-,78-76+. The van der Waals surface area contributed by atoms with Crippen LogP contribution in [0.25, 0.3) is 0 Å². The summed E-state index contributed by atoms with van der Waals surface area (Å²) in [4.78, 5) is 25.7. The molecule has 3 unspecified atom stereocenters. The summed E-state index contributed by atoms with van der Waals surface area (Å²) in [7, 11) is 1.23. The molecule has 0 saturated heterocycles. The largest absolute Gasteiger partial charge is 0.756 e. The first-order valence-corrected chi connectivity index (χ1v) is 40.3. The molecule has 0 rings (SSSR count). The molecule has 0 aliphatic carbocycles. The highest BCUT2D eigenvalue weighted by Gasteiger charge is 2.23. The second-order valence-corrected chi connectivity index (χ2v) is 28.4. The number of aliphatic hydroxyl groups excluding tert-OH is 1. The van der Waals surface area contributed by atoms with Crippen molar-refractivity contribution in [3.63, 3.8) is 0 Å². The fourth-order valence-corrected chi connectivity index (χ4v) is 11.5. The zero-order valence-electron chi connectivity index (χ0n) is 61.6. The van der Waals surface area contributed by atoms with E-state index in [-0.39, 0.29) is 12.5 Å². The Hall–Kier alpha value is -3.88. The predicted octanol–water partition coefficient (Wildman–Crippen LogP) is 25.0. The SMILES string of the molecule is CC/C=C\C/C=C\C/C=C\C/C=C\C/C=C\C/C=C\C/C=C\C/C=C\C/C=C\C/C=C\C/C=C\C/C=C\CCCCCCC(=O)NC(COP(=O)([O-])OCC[N+](C)(C)C)C(O)/C=C/CCCCCCCCCCCCCCCCCCCCCCCCCCCCCCC. The summed E-state index contributed by atoms with van der Waals surface area (Å²) < 4.78 is 23.5. The number of nitrogens with zero attached hydrogens (tertiary/aromatic N) is 1.